The molecule has 2 heterocycles. The lowest BCUT2D eigenvalue weighted by Gasteiger charge is -2.46. The van der Waals surface area contributed by atoms with Crippen LogP contribution in [0.2, 0.25) is 0 Å². The number of allylic oxidation sites excluding steroid dienone is 1. The maximum atomic E-state index is 13.2. The summed E-state index contributed by atoms with van der Waals surface area (Å²) in [5, 5.41) is 56.5. The van der Waals surface area contributed by atoms with E-state index in [2.05, 4.69) is 5.32 Å². The molecule has 2 rings (SSSR count). The van der Waals surface area contributed by atoms with Crippen LogP contribution >= 0.6 is 11.8 Å². The summed E-state index contributed by atoms with van der Waals surface area (Å²) in [5.74, 6) is -2.60. The van der Waals surface area contributed by atoms with Gasteiger partial charge in [0, 0.05) is 31.6 Å². The number of carbonyl (C=O) groups excluding carboxylic acids is 1. The van der Waals surface area contributed by atoms with Crippen molar-refractivity contribution in [3.05, 3.63) is 12.2 Å². The lowest BCUT2D eigenvalue weighted by atomic mass is 9.81. The topological polar surface area (TPSA) is 184 Å². The predicted molar refractivity (Wildman–Crippen MR) is 149 cm³/mol. The monoisotopic (exact) mass is 578 g/mol. The van der Waals surface area contributed by atoms with Crippen molar-refractivity contribution >= 4 is 17.7 Å². The maximum absolute atomic E-state index is 13.2. The number of carbonyl (C=O) groups is 1. The highest BCUT2D eigenvalue weighted by Gasteiger charge is 2.50. The Hall–Kier alpha value is -0.800. The van der Waals surface area contributed by atoms with Crippen molar-refractivity contribution in [3.8, 4) is 0 Å². The van der Waals surface area contributed by atoms with Gasteiger partial charge in [0.25, 0.3) is 0 Å². The Labute approximate surface area is 236 Å². The first kappa shape index (κ1) is 34.4. The van der Waals surface area contributed by atoms with Crippen molar-refractivity contribution in [2.75, 3.05) is 18.6 Å². The highest BCUT2D eigenvalue weighted by molar-refractivity contribution is 7.98. The zero-order valence-electron chi connectivity index (χ0n) is 24.0. The number of hydrogen-bond acceptors (Lipinski definition) is 11. The fraction of sp³-hybridized carbons (Fsp3) is 0.889. The molecule has 8 N–H and O–H groups in total. The first-order chi connectivity index (χ1) is 18.2. The van der Waals surface area contributed by atoms with Gasteiger partial charge >= 0.3 is 0 Å². The van der Waals surface area contributed by atoms with Crippen LogP contribution in [0.1, 0.15) is 53.9 Å². The van der Waals surface area contributed by atoms with Crippen LogP contribution in [0.4, 0.5) is 0 Å². The fourth-order valence-corrected chi connectivity index (χ4v) is 5.15. The van der Waals surface area contributed by atoms with Gasteiger partial charge < -0.3 is 50.8 Å². The van der Waals surface area contributed by atoms with Gasteiger partial charge in [0.2, 0.25) is 5.91 Å². The number of nitrogens with one attached hydrogen (secondary N) is 1. The fourth-order valence-electron chi connectivity index (χ4n) is 4.84. The normalized spacial score (nSPS) is 37.4. The molecule has 0 aromatic rings. The van der Waals surface area contributed by atoms with Crippen LogP contribution in [0.5, 0.6) is 0 Å². The molecule has 0 aromatic carbocycles. The molecule has 2 fully saturated rings. The lowest BCUT2D eigenvalue weighted by Crippen LogP contribution is -2.62. The Morgan fingerprint density at radius 2 is 1.87 bits per heavy atom. The number of hydrogen-bond donors (Lipinski definition) is 7. The minimum atomic E-state index is -1.86. The minimum absolute atomic E-state index is 0.0275. The molecule has 11 atom stereocenters. The predicted octanol–water partition coefficient (Wildman–Crippen LogP) is 0.109. The van der Waals surface area contributed by atoms with Gasteiger partial charge in [0.15, 0.2) is 12.1 Å². The molecule has 0 spiro atoms. The van der Waals surface area contributed by atoms with Crippen molar-refractivity contribution < 1.29 is 44.5 Å². The maximum Gasteiger partial charge on any atom is 0.228 e. The molecule has 1 amide bonds. The van der Waals surface area contributed by atoms with Gasteiger partial charge in [-0.05, 0) is 25.0 Å². The Bertz CT molecular complexity index is 788. The van der Waals surface area contributed by atoms with Crippen LogP contribution in [-0.4, -0.2) is 111 Å². The molecular formula is C27H50N2O9S. The molecule has 0 aromatic heterocycles. The summed E-state index contributed by atoms with van der Waals surface area (Å²) in [6.45, 7) is 9.60. The van der Waals surface area contributed by atoms with Gasteiger partial charge in [0.1, 0.15) is 6.10 Å². The Balaban J connectivity index is 2.34. The molecule has 5 unspecified atom stereocenters. The van der Waals surface area contributed by atoms with Crippen molar-refractivity contribution in [2.45, 2.75) is 115 Å². The standard InChI is InChI=1S/C27H50N2O9S/c1-14(2)7-8-17(37-26-24(33)22(28)23(32)16(5)36-26)11-20-21(25(34)29-9-10-39-6)19(31)13-27(35,38-20)12-18(30)15(3)4/h7-8,14-24,26,30-33,35H,9-13,28H2,1-6H3,(H,29,34)/b8-7+/t16?,17-,18+,19-,20-,21+,22?,23?,24?,26?,27+/m0/s1. The highest BCUT2D eigenvalue weighted by Crippen LogP contribution is 2.38. The molecule has 39 heavy (non-hydrogen) atoms. The summed E-state index contributed by atoms with van der Waals surface area (Å²) in [6, 6.07) is -0.987. The van der Waals surface area contributed by atoms with E-state index in [-0.39, 0.29) is 31.1 Å². The molecular weight excluding hydrogens is 528 g/mol. The molecule has 2 aliphatic rings. The number of ether oxygens (including phenoxy) is 3. The van der Waals surface area contributed by atoms with Gasteiger partial charge in [-0.1, -0.05) is 39.8 Å². The van der Waals surface area contributed by atoms with Crippen LogP contribution in [0.3, 0.4) is 0 Å². The van der Waals surface area contributed by atoms with Crippen LogP contribution in [0.25, 0.3) is 0 Å². The van der Waals surface area contributed by atoms with Crippen molar-refractivity contribution in [3.63, 3.8) is 0 Å². The van der Waals surface area contributed by atoms with Crippen molar-refractivity contribution in [1.29, 1.82) is 0 Å². The zero-order valence-corrected chi connectivity index (χ0v) is 24.8. The second-order valence-corrected chi connectivity index (χ2v) is 12.5. The summed E-state index contributed by atoms with van der Waals surface area (Å²) < 4.78 is 17.9. The van der Waals surface area contributed by atoms with E-state index in [1.165, 1.54) is 0 Å². The van der Waals surface area contributed by atoms with Crippen molar-refractivity contribution in [1.82, 2.24) is 5.32 Å². The van der Waals surface area contributed by atoms with Crippen LogP contribution in [-0.2, 0) is 19.0 Å². The largest absolute Gasteiger partial charge is 0.393 e. The van der Waals surface area contributed by atoms with Crippen LogP contribution in [0, 0.1) is 17.8 Å². The Kier molecular flexibility index (Phi) is 13.6. The van der Waals surface area contributed by atoms with Crippen LogP contribution in [0.15, 0.2) is 12.2 Å². The third-order valence-corrected chi connectivity index (χ3v) is 7.91. The average molecular weight is 579 g/mol. The summed E-state index contributed by atoms with van der Waals surface area (Å²) in [6.07, 6.45) is -2.90. The zero-order chi connectivity index (χ0) is 29.5. The number of aliphatic hydroxyl groups excluding tert-OH is 4. The molecule has 228 valence electrons. The summed E-state index contributed by atoms with van der Waals surface area (Å²) in [7, 11) is 0. The van der Waals surface area contributed by atoms with Gasteiger partial charge in [-0.2, -0.15) is 11.8 Å². The molecule has 2 aliphatic heterocycles. The number of thioether (sulfide) groups is 1. The van der Waals surface area contributed by atoms with Gasteiger partial charge in [-0.15, -0.1) is 0 Å². The molecule has 2 saturated heterocycles. The minimum Gasteiger partial charge on any atom is -0.393 e. The molecule has 11 nitrogen and oxygen atoms in total. The van der Waals surface area contributed by atoms with E-state index < -0.39 is 72.7 Å². The summed E-state index contributed by atoms with van der Waals surface area (Å²) in [5.41, 5.74) is 5.98. The number of amides is 1. The van der Waals surface area contributed by atoms with E-state index in [1.54, 1.807) is 24.8 Å². The van der Waals surface area contributed by atoms with E-state index in [1.807, 2.05) is 40.0 Å². The SMILES string of the molecule is CSCCNC(=O)[C@H]1[C@H](C[C@H](/C=C/C(C)C)OC2OC(C)C(O)C(N)C2O)O[C@](O)(C[C@@H](O)C(C)C)C[C@@H]1O. The molecule has 0 saturated carbocycles. The second-order valence-electron chi connectivity index (χ2n) is 11.5. The first-order valence-electron chi connectivity index (χ1n) is 13.8. The first-order valence-corrected chi connectivity index (χ1v) is 15.2. The van der Waals surface area contributed by atoms with Gasteiger partial charge in [-0.3, -0.25) is 4.79 Å². The Morgan fingerprint density at radius 3 is 2.46 bits per heavy atom. The highest BCUT2D eigenvalue weighted by atomic mass is 32.2. The van der Waals surface area contributed by atoms with E-state index in [4.69, 9.17) is 19.9 Å². The van der Waals surface area contributed by atoms with E-state index in [9.17, 15) is 30.3 Å². The average Bonchev–Trinajstić information content (AvgIpc) is 2.83. The smallest absolute Gasteiger partial charge is 0.228 e. The molecule has 12 heteroatoms. The second kappa shape index (κ2) is 15.4. The van der Waals surface area contributed by atoms with Gasteiger partial charge in [-0.25, -0.2) is 0 Å². The lowest BCUT2D eigenvalue weighted by molar-refractivity contribution is -0.307. The van der Waals surface area contributed by atoms with E-state index >= 15 is 0 Å². The number of nitrogens with two attached hydrogens (primary N) is 1. The number of rotatable bonds is 13. The van der Waals surface area contributed by atoms with E-state index in [0.29, 0.717) is 12.3 Å². The summed E-state index contributed by atoms with van der Waals surface area (Å²) in [4.78, 5) is 13.2. The van der Waals surface area contributed by atoms with E-state index in [0.717, 1.165) is 0 Å². The van der Waals surface area contributed by atoms with Gasteiger partial charge in [0.05, 0.1) is 48.6 Å². The Morgan fingerprint density at radius 1 is 1.21 bits per heavy atom. The summed E-state index contributed by atoms with van der Waals surface area (Å²) >= 11 is 1.57. The third kappa shape index (κ3) is 9.91. The molecule has 0 aliphatic carbocycles. The quantitative estimate of drug-likeness (QED) is 0.116. The third-order valence-electron chi connectivity index (χ3n) is 7.30. The molecule has 0 bridgehead atoms. The number of aliphatic hydroxyl groups is 5. The van der Waals surface area contributed by atoms with Crippen LogP contribution < -0.4 is 11.1 Å². The van der Waals surface area contributed by atoms with Crippen molar-refractivity contribution in [2.24, 2.45) is 23.5 Å². The molecule has 0 radical (unpaired) electrons.